The maximum absolute atomic E-state index is 14.9. The molecule has 0 fully saturated rings. The number of hydrogen-bond acceptors (Lipinski definition) is 2. The first-order valence-electron chi connectivity index (χ1n) is 30.3. The zero-order valence-corrected chi connectivity index (χ0v) is 49.0. The van der Waals surface area contributed by atoms with Crippen molar-refractivity contribution in [2.75, 3.05) is 22.9 Å². The van der Waals surface area contributed by atoms with Crippen LogP contribution in [-0.4, -0.2) is 24.9 Å². The summed E-state index contributed by atoms with van der Waals surface area (Å²) in [6.45, 7) is 10.6. The highest BCUT2D eigenvalue weighted by atomic mass is 79.9. The number of halogens is 2. The molecular weight excluding hydrogens is 989 g/mol. The van der Waals surface area contributed by atoms with Crippen molar-refractivity contribution in [1.82, 2.24) is 0 Å². The fourth-order valence-corrected chi connectivity index (χ4v) is 12.4. The number of fused-ring (bicyclic) bond motifs is 2. The molecule has 0 atom stereocenters. The molecule has 396 valence electrons. The smallest absolute Gasteiger partial charge is 0.259 e. The summed E-state index contributed by atoms with van der Waals surface area (Å²) in [4.78, 5) is 33.9. The van der Waals surface area contributed by atoms with Crippen LogP contribution < -0.4 is 9.80 Å². The van der Waals surface area contributed by atoms with E-state index in [1.807, 2.05) is 21.9 Å². The number of rotatable bonds is 44. The van der Waals surface area contributed by atoms with Gasteiger partial charge in [0.1, 0.15) is 0 Å². The predicted octanol–water partition coefficient (Wildman–Crippen LogP) is 21.7. The third-order valence-electron chi connectivity index (χ3n) is 16.1. The molecule has 0 saturated carbocycles. The number of anilines is 2. The van der Waals surface area contributed by atoms with Crippen molar-refractivity contribution in [3.05, 3.63) is 56.5 Å². The lowest BCUT2D eigenvalue weighted by atomic mass is 9.90. The van der Waals surface area contributed by atoms with Gasteiger partial charge in [-0.05, 0) is 61.8 Å². The highest BCUT2D eigenvalue weighted by molar-refractivity contribution is 9.10. The molecule has 4 rings (SSSR count). The van der Waals surface area contributed by atoms with Crippen molar-refractivity contribution in [2.24, 2.45) is 11.8 Å². The van der Waals surface area contributed by atoms with Crippen molar-refractivity contribution in [2.45, 2.75) is 285 Å². The molecule has 0 bridgehead atoms. The molecule has 0 aromatic heterocycles. The second kappa shape index (κ2) is 37.8. The number of benzene rings is 2. The number of hydrogen-bond donors (Lipinski definition) is 0. The summed E-state index contributed by atoms with van der Waals surface area (Å²) in [5.74, 6) is 1.41. The molecule has 2 aromatic rings. The summed E-state index contributed by atoms with van der Waals surface area (Å²) < 4.78 is 1.93. The van der Waals surface area contributed by atoms with Crippen LogP contribution in [0.3, 0.4) is 0 Å². The first kappa shape index (κ1) is 60.6. The molecule has 2 heterocycles. The fourth-order valence-electron chi connectivity index (χ4n) is 11.7. The van der Waals surface area contributed by atoms with Gasteiger partial charge in [-0.15, -0.1) is 0 Å². The van der Waals surface area contributed by atoms with E-state index in [0.29, 0.717) is 36.1 Å². The Morgan fingerprint density at radius 1 is 0.343 bits per heavy atom. The van der Waals surface area contributed by atoms with Crippen LogP contribution in [0.4, 0.5) is 11.4 Å². The first-order valence-corrected chi connectivity index (χ1v) is 31.9. The molecule has 0 N–H and O–H groups in total. The molecule has 0 radical (unpaired) electrons. The first-order chi connectivity index (χ1) is 34.3. The van der Waals surface area contributed by atoms with E-state index in [2.05, 4.69) is 83.8 Å². The van der Waals surface area contributed by atoms with Gasteiger partial charge in [-0.3, -0.25) is 9.59 Å². The Morgan fingerprint density at radius 3 is 0.857 bits per heavy atom. The summed E-state index contributed by atoms with van der Waals surface area (Å²) in [5.41, 5.74) is 4.87. The average molecular weight is 1090 g/mol. The van der Waals surface area contributed by atoms with Gasteiger partial charge >= 0.3 is 0 Å². The molecule has 6 heteroatoms. The zero-order chi connectivity index (χ0) is 50.0. The van der Waals surface area contributed by atoms with Gasteiger partial charge in [0.05, 0.1) is 22.5 Å². The Kier molecular flexibility index (Phi) is 32.7. The number of carbonyl (C=O) groups is 2. The summed E-state index contributed by atoms with van der Waals surface area (Å²) in [6.07, 6.45) is 53.2. The molecule has 70 heavy (non-hydrogen) atoms. The van der Waals surface area contributed by atoms with Gasteiger partial charge in [0, 0.05) is 33.2 Å². The van der Waals surface area contributed by atoms with Crippen LogP contribution in [0.5, 0.6) is 0 Å². The second-order valence-electron chi connectivity index (χ2n) is 22.1. The van der Waals surface area contributed by atoms with Crippen molar-refractivity contribution >= 4 is 66.2 Å². The molecule has 0 unspecified atom stereocenters. The topological polar surface area (TPSA) is 40.6 Å². The Balaban J connectivity index is 1.43. The number of unbranched alkanes of at least 4 members (excludes halogenated alkanes) is 28. The zero-order valence-electron chi connectivity index (χ0n) is 45.8. The van der Waals surface area contributed by atoms with Crippen LogP contribution in [0.25, 0.3) is 11.1 Å². The van der Waals surface area contributed by atoms with Crippen LogP contribution >= 0.6 is 31.9 Å². The minimum Gasteiger partial charge on any atom is -0.308 e. The molecule has 2 aromatic carbocycles. The number of carbonyl (C=O) groups excluding carboxylic acids is 2. The summed E-state index contributed by atoms with van der Waals surface area (Å²) in [5, 5.41) is 0. The van der Waals surface area contributed by atoms with Crippen LogP contribution in [0.2, 0.25) is 0 Å². The molecular formula is C64H104Br2N2O2. The van der Waals surface area contributed by atoms with Gasteiger partial charge < -0.3 is 9.80 Å². The highest BCUT2D eigenvalue weighted by Gasteiger charge is 2.42. The SMILES string of the molecule is CCCCCCCCCCC(CCCCCCCCCC)CCCN1C(=O)C(=C2C(=O)N(CCCC(CCCCCCCCCC)CCCCCCCCCC)c3cc(Br)ccc32)c2ccc(Br)cc21. The third kappa shape index (κ3) is 22.3. The van der Waals surface area contributed by atoms with E-state index in [1.165, 1.54) is 231 Å². The maximum Gasteiger partial charge on any atom is 0.259 e. The van der Waals surface area contributed by atoms with E-state index in [9.17, 15) is 9.59 Å². The van der Waals surface area contributed by atoms with Gasteiger partial charge in [-0.25, -0.2) is 0 Å². The van der Waals surface area contributed by atoms with Crippen molar-refractivity contribution in [1.29, 1.82) is 0 Å². The molecule has 2 aliphatic rings. The summed E-state index contributed by atoms with van der Waals surface area (Å²) in [7, 11) is 0. The van der Waals surface area contributed by atoms with E-state index in [1.54, 1.807) is 0 Å². The van der Waals surface area contributed by atoms with Gasteiger partial charge in [-0.1, -0.05) is 303 Å². The Bertz CT molecular complexity index is 1590. The van der Waals surface area contributed by atoms with Crippen LogP contribution in [0.15, 0.2) is 45.3 Å². The minimum absolute atomic E-state index is 0.00865. The third-order valence-corrected chi connectivity index (χ3v) is 17.0. The maximum atomic E-state index is 14.9. The van der Waals surface area contributed by atoms with Gasteiger partial charge in [-0.2, -0.15) is 0 Å². The van der Waals surface area contributed by atoms with E-state index < -0.39 is 0 Å². The van der Waals surface area contributed by atoms with E-state index in [0.717, 1.165) is 57.1 Å². The van der Waals surface area contributed by atoms with Gasteiger partial charge in [0.15, 0.2) is 0 Å². The molecule has 0 saturated heterocycles. The molecule has 0 spiro atoms. The lowest BCUT2D eigenvalue weighted by Gasteiger charge is -2.21. The Morgan fingerprint density at radius 2 is 0.586 bits per heavy atom. The largest absolute Gasteiger partial charge is 0.308 e. The lowest BCUT2D eigenvalue weighted by molar-refractivity contribution is -0.114. The Labute approximate surface area is 448 Å². The Hall–Kier alpha value is -1.92. The van der Waals surface area contributed by atoms with E-state index in [4.69, 9.17) is 0 Å². The van der Waals surface area contributed by atoms with Gasteiger partial charge in [0.25, 0.3) is 11.8 Å². The van der Waals surface area contributed by atoms with Crippen molar-refractivity contribution in [3.63, 3.8) is 0 Å². The second-order valence-corrected chi connectivity index (χ2v) is 23.9. The van der Waals surface area contributed by atoms with Crippen LogP contribution in [0, 0.1) is 11.8 Å². The van der Waals surface area contributed by atoms with E-state index >= 15 is 0 Å². The van der Waals surface area contributed by atoms with Crippen molar-refractivity contribution in [3.8, 4) is 0 Å². The normalized spacial score (nSPS) is 14.6. The number of amides is 2. The number of nitrogens with zero attached hydrogens (tertiary/aromatic N) is 2. The molecule has 4 nitrogen and oxygen atoms in total. The standard InChI is InChI=1S/C64H104Br2N2O2/c1-5-9-13-17-21-25-29-33-39-53(40-34-30-26-22-18-14-10-6-2)43-37-49-67-59-51-55(65)45-47-57(59)61(63(67)69)62-58-48-46-56(66)52-60(58)68(64(62)70)50-38-44-54(41-35-31-27-23-19-15-11-7-3)42-36-32-28-24-20-16-12-8-4/h45-48,51-54H,5-44,49-50H2,1-4H3. The van der Waals surface area contributed by atoms with Crippen molar-refractivity contribution < 1.29 is 9.59 Å². The summed E-state index contributed by atoms with van der Waals surface area (Å²) in [6, 6.07) is 12.4. The molecule has 2 aliphatic heterocycles. The van der Waals surface area contributed by atoms with Crippen LogP contribution in [0.1, 0.15) is 296 Å². The van der Waals surface area contributed by atoms with E-state index in [-0.39, 0.29) is 11.8 Å². The minimum atomic E-state index is -0.00865. The van der Waals surface area contributed by atoms with Crippen LogP contribution in [-0.2, 0) is 9.59 Å². The predicted molar refractivity (Wildman–Crippen MR) is 314 cm³/mol. The monoisotopic (exact) mass is 1090 g/mol. The summed E-state index contributed by atoms with van der Waals surface area (Å²) >= 11 is 7.51. The highest BCUT2D eigenvalue weighted by Crippen LogP contribution is 2.48. The molecule has 2 amide bonds. The quantitative estimate of drug-likeness (QED) is 0.0490. The van der Waals surface area contributed by atoms with Gasteiger partial charge in [0.2, 0.25) is 0 Å². The molecule has 0 aliphatic carbocycles. The average Bonchev–Trinajstić information content (AvgIpc) is 3.77. The lowest BCUT2D eigenvalue weighted by Crippen LogP contribution is -2.30. The fraction of sp³-hybridized carbons (Fsp3) is 0.750.